The minimum absolute atomic E-state index is 0.0599. The molecule has 0 saturated heterocycles. The second-order valence-electron chi connectivity index (χ2n) is 4.74. The number of pyridine rings is 1. The molecule has 0 unspecified atom stereocenters. The number of aliphatic hydroxyl groups excluding tert-OH is 1. The largest absolute Gasteiger partial charge is 0.395 e. The molecule has 102 valence electrons. The summed E-state index contributed by atoms with van der Waals surface area (Å²) in [5.74, 6) is -0.418. The van der Waals surface area contributed by atoms with Crippen molar-refractivity contribution in [2.75, 3.05) is 6.61 Å². The van der Waals surface area contributed by atoms with Gasteiger partial charge in [0.15, 0.2) is 0 Å². The van der Waals surface area contributed by atoms with Gasteiger partial charge in [-0.2, -0.15) is 4.39 Å². The zero-order chi connectivity index (χ0) is 13.2. The van der Waals surface area contributed by atoms with Crippen molar-refractivity contribution in [3.8, 4) is 0 Å². The topological polar surface area (TPSA) is 59.1 Å². The van der Waals surface area contributed by atoms with Gasteiger partial charge in [0.25, 0.3) is 0 Å². The molecule has 3 nitrogen and oxygen atoms in total. The molecule has 4 heteroatoms. The van der Waals surface area contributed by atoms with E-state index in [9.17, 15) is 4.39 Å². The van der Waals surface area contributed by atoms with Gasteiger partial charge in [0.05, 0.1) is 6.61 Å². The Hall–Kier alpha value is -1.00. The molecule has 1 heterocycles. The van der Waals surface area contributed by atoms with E-state index in [1.54, 1.807) is 12.3 Å². The SMILES string of the molecule is N[C@@H](CO)CCCCCCCc1ccc(F)nc1. The highest BCUT2D eigenvalue weighted by Gasteiger charge is 1.99. The van der Waals surface area contributed by atoms with E-state index in [0.29, 0.717) is 0 Å². The number of hydrogen-bond acceptors (Lipinski definition) is 3. The Morgan fingerprint density at radius 2 is 1.89 bits per heavy atom. The molecule has 18 heavy (non-hydrogen) atoms. The fourth-order valence-electron chi connectivity index (χ4n) is 1.91. The Bertz CT molecular complexity index is 316. The van der Waals surface area contributed by atoms with Crippen LogP contribution < -0.4 is 5.73 Å². The maximum atomic E-state index is 12.6. The molecule has 0 spiro atoms. The molecule has 1 aromatic heterocycles. The highest BCUT2D eigenvalue weighted by molar-refractivity contribution is 5.09. The van der Waals surface area contributed by atoms with Crippen molar-refractivity contribution in [3.63, 3.8) is 0 Å². The number of aromatic nitrogens is 1. The number of rotatable bonds is 9. The summed E-state index contributed by atoms with van der Waals surface area (Å²) in [7, 11) is 0. The number of unbranched alkanes of at least 4 members (excludes halogenated alkanes) is 4. The van der Waals surface area contributed by atoms with Crippen molar-refractivity contribution in [2.45, 2.75) is 51.0 Å². The van der Waals surface area contributed by atoms with Gasteiger partial charge >= 0.3 is 0 Å². The predicted octanol–water partition coefficient (Wildman–Crippen LogP) is 2.42. The van der Waals surface area contributed by atoms with Gasteiger partial charge in [-0.25, -0.2) is 4.98 Å². The molecule has 1 rings (SSSR count). The first-order valence-electron chi connectivity index (χ1n) is 6.69. The number of halogens is 1. The number of nitrogens with zero attached hydrogens (tertiary/aromatic N) is 1. The van der Waals surface area contributed by atoms with Crippen LogP contribution in [-0.2, 0) is 6.42 Å². The average Bonchev–Trinajstić information content (AvgIpc) is 2.39. The Kier molecular flexibility index (Phi) is 7.53. The van der Waals surface area contributed by atoms with Crippen LogP contribution in [0.5, 0.6) is 0 Å². The van der Waals surface area contributed by atoms with Crippen LogP contribution in [0, 0.1) is 5.95 Å². The highest BCUT2D eigenvalue weighted by Crippen LogP contribution is 2.10. The molecule has 0 saturated carbocycles. The maximum Gasteiger partial charge on any atom is 0.212 e. The van der Waals surface area contributed by atoms with Crippen molar-refractivity contribution in [1.82, 2.24) is 4.98 Å². The van der Waals surface area contributed by atoms with Crippen LogP contribution in [0.4, 0.5) is 4.39 Å². The number of aliphatic hydroxyl groups is 1. The standard InChI is InChI=1S/C14H23FN2O/c15-14-9-8-12(10-17-14)6-4-2-1-3-5-7-13(16)11-18/h8-10,13,18H,1-7,11,16H2/t13-/m1/s1. The fraction of sp³-hybridized carbons (Fsp3) is 0.643. The molecular formula is C14H23FN2O. The predicted molar refractivity (Wildman–Crippen MR) is 70.7 cm³/mol. The van der Waals surface area contributed by atoms with Gasteiger partial charge in [0, 0.05) is 12.2 Å². The van der Waals surface area contributed by atoms with E-state index in [0.717, 1.165) is 37.7 Å². The number of nitrogens with two attached hydrogens (primary N) is 1. The van der Waals surface area contributed by atoms with E-state index in [2.05, 4.69) is 4.98 Å². The Balaban J connectivity index is 1.97. The summed E-state index contributed by atoms with van der Waals surface area (Å²) in [6.45, 7) is 0.0809. The second-order valence-corrected chi connectivity index (χ2v) is 4.74. The Morgan fingerprint density at radius 1 is 1.17 bits per heavy atom. The molecule has 0 aliphatic carbocycles. The molecule has 0 amide bonds. The zero-order valence-corrected chi connectivity index (χ0v) is 10.8. The fourth-order valence-corrected chi connectivity index (χ4v) is 1.91. The lowest BCUT2D eigenvalue weighted by molar-refractivity contribution is 0.257. The Morgan fingerprint density at radius 3 is 2.56 bits per heavy atom. The average molecular weight is 254 g/mol. The highest BCUT2D eigenvalue weighted by atomic mass is 19.1. The third kappa shape index (κ3) is 6.67. The number of aryl methyl sites for hydroxylation is 1. The van der Waals surface area contributed by atoms with Crippen LogP contribution in [0.25, 0.3) is 0 Å². The van der Waals surface area contributed by atoms with Crippen molar-refractivity contribution >= 4 is 0 Å². The number of hydrogen-bond donors (Lipinski definition) is 2. The molecule has 0 aliphatic rings. The van der Waals surface area contributed by atoms with Crippen molar-refractivity contribution in [3.05, 3.63) is 29.8 Å². The van der Waals surface area contributed by atoms with Crippen LogP contribution in [0.2, 0.25) is 0 Å². The van der Waals surface area contributed by atoms with Crippen LogP contribution in [0.3, 0.4) is 0 Å². The van der Waals surface area contributed by atoms with E-state index in [4.69, 9.17) is 10.8 Å². The first-order valence-corrected chi connectivity index (χ1v) is 6.69. The van der Waals surface area contributed by atoms with Crippen LogP contribution in [0.15, 0.2) is 18.3 Å². The molecule has 0 aliphatic heterocycles. The summed E-state index contributed by atoms with van der Waals surface area (Å²) < 4.78 is 12.6. The first-order chi connectivity index (χ1) is 8.72. The monoisotopic (exact) mass is 254 g/mol. The Labute approximate surface area is 108 Å². The van der Waals surface area contributed by atoms with Gasteiger partial charge in [-0.15, -0.1) is 0 Å². The van der Waals surface area contributed by atoms with Crippen LogP contribution >= 0.6 is 0 Å². The minimum Gasteiger partial charge on any atom is -0.395 e. The third-order valence-electron chi connectivity index (χ3n) is 3.06. The van der Waals surface area contributed by atoms with Crippen molar-refractivity contribution < 1.29 is 9.50 Å². The normalized spacial score (nSPS) is 12.6. The molecule has 0 radical (unpaired) electrons. The quantitative estimate of drug-likeness (QED) is 0.525. The van der Waals surface area contributed by atoms with Gasteiger partial charge < -0.3 is 10.8 Å². The van der Waals surface area contributed by atoms with E-state index in [-0.39, 0.29) is 12.6 Å². The minimum atomic E-state index is -0.418. The summed E-state index contributed by atoms with van der Waals surface area (Å²) >= 11 is 0. The summed E-state index contributed by atoms with van der Waals surface area (Å²) in [5, 5.41) is 8.76. The molecule has 0 bridgehead atoms. The van der Waals surface area contributed by atoms with Gasteiger partial charge in [-0.1, -0.05) is 31.7 Å². The summed E-state index contributed by atoms with van der Waals surface area (Å²) in [4.78, 5) is 3.63. The second kappa shape index (κ2) is 9.00. The van der Waals surface area contributed by atoms with Gasteiger partial charge in [-0.3, -0.25) is 0 Å². The van der Waals surface area contributed by atoms with Crippen LogP contribution in [0.1, 0.15) is 44.1 Å². The summed E-state index contributed by atoms with van der Waals surface area (Å²) in [5.41, 5.74) is 6.71. The smallest absolute Gasteiger partial charge is 0.212 e. The van der Waals surface area contributed by atoms with E-state index in [1.165, 1.54) is 18.9 Å². The summed E-state index contributed by atoms with van der Waals surface area (Å²) in [6.07, 6.45) is 9.19. The van der Waals surface area contributed by atoms with Crippen LogP contribution in [-0.4, -0.2) is 22.7 Å². The van der Waals surface area contributed by atoms with Gasteiger partial charge in [-0.05, 0) is 30.9 Å². The molecule has 0 fully saturated rings. The molecule has 1 atom stereocenters. The van der Waals surface area contributed by atoms with Crippen molar-refractivity contribution in [2.24, 2.45) is 5.73 Å². The molecule has 1 aromatic rings. The van der Waals surface area contributed by atoms with E-state index >= 15 is 0 Å². The summed E-state index contributed by atoms with van der Waals surface area (Å²) in [6, 6.07) is 3.14. The van der Waals surface area contributed by atoms with E-state index in [1.807, 2.05) is 0 Å². The van der Waals surface area contributed by atoms with Crippen molar-refractivity contribution in [1.29, 1.82) is 0 Å². The third-order valence-corrected chi connectivity index (χ3v) is 3.06. The van der Waals surface area contributed by atoms with Gasteiger partial charge in [0.2, 0.25) is 5.95 Å². The molecule has 0 aromatic carbocycles. The lowest BCUT2D eigenvalue weighted by Crippen LogP contribution is -2.23. The maximum absolute atomic E-state index is 12.6. The van der Waals surface area contributed by atoms with Gasteiger partial charge in [0.1, 0.15) is 0 Å². The molecule has 3 N–H and O–H groups in total. The lowest BCUT2D eigenvalue weighted by atomic mass is 10.0. The first kappa shape index (κ1) is 15.1. The lowest BCUT2D eigenvalue weighted by Gasteiger charge is -2.07. The van der Waals surface area contributed by atoms with E-state index < -0.39 is 5.95 Å². The molecular weight excluding hydrogens is 231 g/mol. The zero-order valence-electron chi connectivity index (χ0n) is 10.8.